The lowest BCUT2D eigenvalue weighted by atomic mass is 10.1. The van der Waals surface area contributed by atoms with Gasteiger partial charge in [0.1, 0.15) is 5.75 Å². The van der Waals surface area contributed by atoms with Gasteiger partial charge >= 0.3 is 5.97 Å². The maximum absolute atomic E-state index is 11.8. The van der Waals surface area contributed by atoms with Gasteiger partial charge in [0.25, 0.3) is 11.7 Å². The van der Waals surface area contributed by atoms with Gasteiger partial charge in [0.15, 0.2) is 6.61 Å². The molecule has 0 fully saturated rings. The first-order valence-electron chi connectivity index (χ1n) is 6.41. The molecule has 0 aliphatic heterocycles. The number of carbonyl (C=O) groups excluding carboxylic acids is 2. The van der Waals surface area contributed by atoms with E-state index in [2.05, 4.69) is 19.4 Å². The molecule has 0 aliphatic carbocycles. The molecule has 1 heterocycles. The number of esters is 1. The Hall–Kier alpha value is -2.48. The van der Waals surface area contributed by atoms with Crippen LogP contribution in [-0.4, -0.2) is 35.0 Å². The number of aromatic nitrogens is 2. The van der Waals surface area contributed by atoms with Crippen LogP contribution in [0, 0.1) is 13.8 Å². The minimum Gasteiger partial charge on any atom is -0.484 e. The number of amides is 1. The zero-order chi connectivity index (χ0) is 16.1. The lowest BCUT2D eigenvalue weighted by Gasteiger charge is -2.07. The number of nitrogens with one attached hydrogen (secondary N) is 1. The Labute approximate surface area is 131 Å². The highest BCUT2D eigenvalue weighted by atomic mass is 32.1. The van der Waals surface area contributed by atoms with Gasteiger partial charge in [0.05, 0.1) is 7.11 Å². The number of nitrogens with zero attached hydrogens (tertiary/aromatic N) is 2. The van der Waals surface area contributed by atoms with E-state index in [1.807, 2.05) is 26.0 Å². The first-order valence-corrected chi connectivity index (χ1v) is 7.19. The molecule has 8 heteroatoms. The second-order valence-corrected chi connectivity index (χ2v) is 5.25. The van der Waals surface area contributed by atoms with Crippen LogP contribution in [0.25, 0.3) is 0 Å². The SMILES string of the molecule is COC(=O)c1nsc(NC(=O)COc2ccc(C)c(C)c2)n1. The lowest BCUT2D eigenvalue weighted by molar-refractivity contribution is -0.118. The standard InChI is InChI=1S/C14H15N3O4S/c1-8-4-5-10(6-9(8)2)21-7-11(18)15-14-16-12(17-22-14)13(19)20-3/h4-6H,7H2,1-3H3,(H,15,16,17,18). The molecule has 1 N–H and O–H groups in total. The van der Waals surface area contributed by atoms with Crippen molar-refractivity contribution < 1.29 is 19.1 Å². The second-order valence-electron chi connectivity index (χ2n) is 4.50. The van der Waals surface area contributed by atoms with Crippen LogP contribution in [0.3, 0.4) is 0 Å². The van der Waals surface area contributed by atoms with Crippen molar-refractivity contribution in [2.45, 2.75) is 13.8 Å². The van der Waals surface area contributed by atoms with Crippen molar-refractivity contribution in [2.24, 2.45) is 0 Å². The van der Waals surface area contributed by atoms with E-state index in [-0.39, 0.29) is 23.5 Å². The number of ether oxygens (including phenoxy) is 2. The summed E-state index contributed by atoms with van der Waals surface area (Å²) >= 11 is 0.898. The molecule has 0 unspecified atom stereocenters. The van der Waals surface area contributed by atoms with Crippen molar-refractivity contribution in [2.75, 3.05) is 19.0 Å². The number of anilines is 1. The smallest absolute Gasteiger partial charge is 0.377 e. The minimum atomic E-state index is -0.650. The summed E-state index contributed by atoms with van der Waals surface area (Å²) in [5.74, 6) is -0.502. The van der Waals surface area contributed by atoms with Crippen LogP contribution in [-0.2, 0) is 9.53 Å². The third-order valence-electron chi connectivity index (χ3n) is 2.89. The summed E-state index contributed by atoms with van der Waals surface area (Å²) in [4.78, 5) is 26.8. The summed E-state index contributed by atoms with van der Waals surface area (Å²) < 4.78 is 13.7. The van der Waals surface area contributed by atoms with E-state index in [0.29, 0.717) is 5.75 Å². The Morgan fingerprint density at radius 2 is 2.05 bits per heavy atom. The Balaban J connectivity index is 1.88. The van der Waals surface area contributed by atoms with Gasteiger partial charge in [-0.2, -0.15) is 9.36 Å². The topological polar surface area (TPSA) is 90.4 Å². The fraction of sp³-hybridized carbons (Fsp3) is 0.286. The predicted molar refractivity (Wildman–Crippen MR) is 81.3 cm³/mol. The molecule has 1 amide bonds. The van der Waals surface area contributed by atoms with Gasteiger partial charge in [-0.05, 0) is 37.1 Å². The van der Waals surface area contributed by atoms with E-state index in [1.165, 1.54) is 7.11 Å². The molecule has 0 saturated heterocycles. The van der Waals surface area contributed by atoms with Crippen molar-refractivity contribution in [1.82, 2.24) is 9.36 Å². The van der Waals surface area contributed by atoms with E-state index >= 15 is 0 Å². The number of hydrogen-bond donors (Lipinski definition) is 1. The fourth-order valence-corrected chi connectivity index (χ4v) is 2.13. The normalized spacial score (nSPS) is 10.1. The van der Waals surface area contributed by atoms with E-state index in [1.54, 1.807) is 6.07 Å². The molecule has 0 saturated carbocycles. The maximum Gasteiger partial charge on any atom is 0.377 e. The molecule has 1 aromatic heterocycles. The molecule has 2 rings (SSSR count). The molecule has 1 aromatic carbocycles. The Kier molecular flexibility index (Phi) is 5.05. The number of aryl methyl sites for hydroxylation is 2. The first kappa shape index (κ1) is 15.9. The number of carbonyl (C=O) groups is 2. The van der Waals surface area contributed by atoms with E-state index in [9.17, 15) is 9.59 Å². The zero-order valence-corrected chi connectivity index (χ0v) is 13.2. The van der Waals surface area contributed by atoms with Gasteiger partial charge in [0, 0.05) is 11.5 Å². The van der Waals surface area contributed by atoms with Crippen LogP contribution >= 0.6 is 11.5 Å². The molecular formula is C14H15N3O4S. The van der Waals surface area contributed by atoms with Crippen molar-refractivity contribution in [3.63, 3.8) is 0 Å². The van der Waals surface area contributed by atoms with Crippen LogP contribution in [0.15, 0.2) is 18.2 Å². The second kappa shape index (κ2) is 6.99. The van der Waals surface area contributed by atoms with Gasteiger partial charge < -0.3 is 9.47 Å². The Morgan fingerprint density at radius 1 is 1.27 bits per heavy atom. The number of hydrogen-bond acceptors (Lipinski definition) is 7. The van der Waals surface area contributed by atoms with Crippen LogP contribution in [0.4, 0.5) is 5.13 Å². The molecule has 7 nitrogen and oxygen atoms in total. The summed E-state index contributed by atoms with van der Waals surface area (Å²) in [7, 11) is 1.24. The van der Waals surface area contributed by atoms with Crippen LogP contribution in [0.1, 0.15) is 21.7 Å². The molecule has 0 aliphatic rings. The van der Waals surface area contributed by atoms with Gasteiger partial charge in [-0.25, -0.2) is 4.79 Å². The third kappa shape index (κ3) is 4.01. The van der Waals surface area contributed by atoms with Crippen LogP contribution in [0.2, 0.25) is 0 Å². The van der Waals surface area contributed by atoms with E-state index in [4.69, 9.17) is 4.74 Å². The average molecular weight is 321 g/mol. The van der Waals surface area contributed by atoms with Gasteiger partial charge in [-0.15, -0.1) is 0 Å². The summed E-state index contributed by atoms with van der Waals surface area (Å²) in [5.41, 5.74) is 2.24. The molecule has 0 bridgehead atoms. The van der Waals surface area contributed by atoms with E-state index in [0.717, 1.165) is 22.7 Å². The highest BCUT2D eigenvalue weighted by Crippen LogP contribution is 2.16. The lowest BCUT2D eigenvalue weighted by Crippen LogP contribution is -2.20. The molecule has 0 atom stereocenters. The van der Waals surface area contributed by atoms with Gasteiger partial charge in [0.2, 0.25) is 5.13 Å². The number of rotatable bonds is 5. The predicted octanol–water partition coefficient (Wildman–Crippen LogP) is 1.96. The zero-order valence-electron chi connectivity index (χ0n) is 12.4. The van der Waals surface area contributed by atoms with Crippen molar-refractivity contribution >= 4 is 28.5 Å². The van der Waals surface area contributed by atoms with Crippen molar-refractivity contribution in [1.29, 1.82) is 0 Å². The minimum absolute atomic E-state index is 0.0853. The van der Waals surface area contributed by atoms with Crippen LogP contribution < -0.4 is 10.1 Å². The van der Waals surface area contributed by atoms with Crippen LogP contribution in [0.5, 0.6) is 5.75 Å². The van der Waals surface area contributed by atoms with Crippen molar-refractivity contribution in [3.05, 3.63) is 35.2 Å². The average Bonchev–Trinajstić information content (AvgIpc) is 2.96. The van der Waals surface area contributed by atoms with Gasteiger partial charge in [-0.3, -0.25) is 10.1 Å². The van der Waals surface area contributed by atoms with Crippen molar-refractivity contribution in [3.8, 4) is 5.75 Å². The number of benzene rings is 1. The van der Waals surface area contributed by atoms with Gasteiger partial charge in [-0.1, -0.05) is 6.07 Å². The molecule has 22 heavy (non-hydrogen) atoms. The number of methoxy groups -OCH3 is 1. The maximum atomic E-state index is 11.8. The van der Waals surface area contributed by atoms with E-state index < -0.39 is 5.97 Å². The molecule has 0 spiro atoms. The Bertz CT molecular complexity index is 699. The highest BCUT2D eigenvalue weighted by Gasteiger charge is 2.14. The summed E-state index contributed by atoms with van der Waals surface area (Å²) in [6.45, 7) is 3.81. The summed E-state index contributed by atoms with van der Waals surface area (Å²) in [6.07, 6.45) is 0. The molecule has 116 valence electrons. The largest absolute Gasteiger partial charge is 0.484 e. The highest BCUT2D eigenvalue weighted by molar-refractivity contribution is 7.10. The quantitative estimate of drug-likeness (QED) is 0.847. The summed E-state index contributed by atoms with van der Waals surface area (Å²) in [6, 6.07) is 5.59. The molecule has 2 aromatic rings. The summed E-state index contributed by atoms with van der Waals surface area (Å²) in [5, 5.41) is 2.73. The molecule has 0 radical (unpaired) electrons. The molecular weight excluding hydrogens is 306 g/mol. The third-order valence-corrected chi connectivity index (χ3v) is 3.52. The fourth-order valence-electron chi connectivity index (χ4n) is 1.56. The Morgan fingerprint density at radius 3 is 2.73 bits per heavy atom. The monoisotopic (exact) mass is 321 g/mol. The first-order chi connectivity index (χ1) is 10.5.